The second-order valence-corrected chi connectivity index (χ2v) is 9.79. The molecule has 35 heavy (non-hydrogen) atoms. The van der Waals surface area contributed by atoms with Gasteiger partial charge in [0.15, 0.2) is 0 Å². The summed E-state index contributed by atoms with van der Waals surface area (Å²) in [6, 6.07) is 31.5. The molecule has 3 aromatic carbocycles. The number of carbonyl (C=O) groups excluding carboxylic acids is 1. The van der Waals surface area contributed by atoms with Gasteiger partial charge in [0.1, 0.15) is 5.01 Å². The quantitative estimate of drug-likeness (QED) is 0.330. The number of hydrogen-bond donors (Lipinski definition) is 1. The third-order valence-corrected chi connectivity index (χ3v) is 7.58. The third-order valence-electron chi connectivity index (χ3n) is 5.47. The topological polar surface area (TPSA) is 65.0 Å². The van der Waals surface area contributed by atoms with E-state index in [0.717, 1.165) is 37.1 Å². The Kier molecular flexibility index (Phi) is 8.68. The molecule has 168 valence electrons. The van der Waals surface area contributed by atoms with Crippen LogP contribution < -0.4 is 40.0 Å². The molecule has 0 saturated heterocycles. The van der Waals surface area contributed by atoms with E-state index in [2.05, 4.69) is 41.0 Å². The molecule has 1 N–H and O–H groups in total. The number of carbonyl (C=O) groups is 1. The molecule has 0 fully saturated rings. The molecule has 5 aromatic rings. The molecule has 0 aliphatic heterocycles. The normalized spacial score (nSPS) is 11.5. The van der Waals surface area contributed by atoms with Crippen molar-refractivity contribution in [1.82, 2.24) is 10.3 Å². The summed E-state index contributed by atoms with van der Waals surface area (Å²) in [5, 5.41) is 17.9. The second-order valence-electron chi connectivity index (χ2n) is 7.78. The minimum atomic E-state index is -1.17. The van der Waals surface area contributed by atoms with E-state index >= 15 is 0 Å². The van der Waals surface area contributed by atoms with Gasteiger partial charge in [-0.15, -0.1) is 22.7 Å². The Balaban J connectivity index is 0.00000289. The second kappa shape index (κ2) is 11.9. The molecule has 4 nitrogen and oxygen atoms in total. The number of benzene rings is 3. The molecule has 0 bridgehead atoms. The van der Waals surface area contributed by atoms with Gasteiger partial charge in [0.2, 0.25) is 0 Å². The van der Waals surface area contributed by atoms with Crippen molar-refractivity contribution < 1.29 is 39.5 Å². The summed E-state index contributed by atoms with van der Waals surface area (Å²) < 4.78 is 0. The average Bonchev–Trinajstić information content (AvgIpc) is 3.57. The molecule has 0 aliphatic rings. The maximum Gasteiger partial charge on any atom is 1.00 e. The van der Waals surface area contributed by atoms with Gasteiger partial charge in [0.05, 0.1) is 22.6 Å². The molecule has 7 heteroatoms. The summed E-state index contributed by atoms with van der Waals surface area (Å²) in [4.78, 5) is 18.7. The zero-order chi connectivity index (χ0) is 23.3. The molecule has 0 aliphatic carbocycles. The van der Waals surface area contributed by atoms with Crippen LogP contribution in [0.4, 0.5) is 0 Å². The first kappa shape index (κ1) is 25.5. The fourth-order valence-corrected chi connectivity index (χ4v) is 5.90. The predicted octanol–water partition coefficient (Wildman–Crippen LogP) is 2.79. The fourth-order valence-electron chi connectivity index (χ4n) is 3.83. The van der Waals surface area contributed by atoms with Crippen LogP contribution in [0.2, 0.25) is 0 Å². The van der Waals surface area contributed by atoms with Gasteiger partial charge in [0.25, 0.3) is 0 Å². The first-order valence-electron chi connectivity index (χ1n) is 10.9. The molecule has 1 unspecified atom stereocenters. The number of aromatic nitrogens is 1. The number of nitrogens with zero attached hydrogens (tertiary/aromatic N) is 1. The van der Waals surface area contributed by atoms with E-state index in [0.29, 0.717) is 6.54 Å². The summed E-state index contributed by atoms with van der Waals surface area (Å²) in [7, 11) is 0. The van der Waals surface area contributed by atoms with Gasteiger partial charge in [-0.1, -0.05) is 84.9 Å². The van der Waals surface area contributed by atoms with Crippen molar-refractivity contribution >= 4 is 28.6 Å². The fraction of sp³-hybridized carbons (Fsp3) is 0.0714. The number of hydrogen-bond acceptors (Lipinski definition) is 6. The standard InChI is InChI=1S/C28H22N2O2S2.Na/c31-28(32)22-14-7-9-19(17-22)18-29-25(23-15-8-16-33-23)27-30-24(20-10-3-1-4-11-20)26(34-27)21-12-5-2-6-13-21;/h1-17,25,29H,18H2,(H,31,32);/q;+1/p-1. The molecule has 0 spiro atoms. The summed E-state index contributed by atoms with van der Waals surface area (Å²) in [6.07, 6.45) is 0. The van der Waals surface area contributed by atoms with Crippen LogP contribution in [-0.4, -0.2) is 11.0 Å². The summed E-state index contributed by atoms with van der Waals surface area (Å²) >= 11 is 3.36. The van der Waals surface area contributed by atoms with Crippen molar-refractivity contribution in [3.05, 3.63) is 123 Å². The molecule has 5 rings (SSSR count). The van der Waals surface area contributed by atoms with E-state index < -0.39 is 5.97 Å². The number of aromatic carboxylic acids is 1. The van der Waals surface area contributed by atoms with Gasteiger partial charge in [-0.05, 0) is 34.2 Å². The van der Waals surface area contributed by atoms with E-state index in [4.69, 9.17) is 4.98 Å². The first-order chi connectivity index (χ1) is 16.7. The molecule has 2 heterocycles. The van der Waals surface area contributed by atoms with Crippen molar-refractivity contribution in [3.63, 3.8) is 0 Å². The van der Waals surface area contributed by atoms with Gasteiger partial charge >= 0.3 is 29.6 Å². The Morgan fingerprint density at radius 3 is 2.26 bits per heavy atom. The van der Waals surface area contributed by atoms with Gasteiger partial charge < -0.3 is 9.90 Å². The van der Waals surface area contributed by atoms with Crippen molar-refractivity contribution in [3.8, 4) is 21.7 Å². The molecule has 2 aromatic heterocycles. The van der Waals surface area contributed by atoms with E-state index in [1.165, 1.54) is 0 Å². The Labute approximate surface area is 234 Å². The van der Waals surface area contributed by atoms with Crippen molar-refractivity contribution in [2.45, 2.75) is 12.6 Å². The minimum absolute atomic E-state index is 0. The van der Waals surface area contributed by atoms with Crippen molar-refractivity contribution in [2.75, 3.05) is 0 Å². The first-order valence-corrected chi connectivity index (χ1v) is 12.6. The summed E-state index contributed by atoms with van der Waals surface area (Å²) in [5.41, 5.74) is 4.24. The number of thiazole rings is 1. The van der Waals surface area contributed by atoms with E-state index in [9.17, 15) is 9.90 Å². The number of nitrogens with one attached hydrogen (secondary N) is 1. The maximum absolute atomic E-state index is 11.3. The van der Waals surface area contributed by atoms with Crippen LogP contribution in [0.5, 0.6) is 0 Å². The van der Waals surface area contributed by atoms with Crippen LogP contribution in [0.3, 0.4) is 0 Å². The third kappa shape index (κ3) is 5.98. The molecule has 0 amide bonds. The van der Waals surface area contributed by atoms with Crippen LogP contribution in [0.1, 0.15) is 31.8 Å². The number of thiophene rings is 1. The summed E-state index contributed by atoms with van der Waals surface area (Å²) in [5.74, 6) is -1.17. The zero-order valence-corrected chi connectivity index (χ0v) is 22.8. The Morgan fingerprint density at radius 2 is 1.60 bits per heavy atom. The molecular formula is C28H21N2NaO2S2. The van der Waals surface area contributed by atoms with Gasteiger partial charge in [0, 0.05) is 17.0 Å². The Morgan fingerprint density at radius 1 is 0.886 bits per heavy atom. The minimum Gasteiger partial charge on any atom is -0.545 e. The van der Waals surface area contributed by atoms with Gasteiger partial charge in [-0.2, -0.15) is 0 Å². The number of rotatable bonds is 8. The zero-order valence-electron chi connectivity index (χ0n) is 19.2. The SMILES string of the molecule is O=C([O-])c1cccc(CNC(c2cccs2)c2nc(-c3ccccc3)c(-c3ccccc3)s2)c1.[Na+]. The average molecular weight is 505 g/mol. The smallest absolute Gasteiger partial charge is 0.545 e. The van der Waals surface area contributed by atoms with Crippen LogP contribution in [-0.2, 0) is 6.54 Å². The van der Waals surface area contributed by atoms with Gasteiger partial charge in [-0.25, -0.2) is 4.98 Å². The Bertz CT molecular complexity index is 1330. The van der Waals surface area contributed by atoms with Crippen molar-refractivity contribution in [1.29, 1.82) is 0 Å². The van der Waals surface area contributed by atoms with Crippen LogP contribution in [0.25, 0.3) is 21.7 Å². The van der Waals surface area contributed by atoms with Gasteiger partial charge in [-0.3, -0.25) is 5.32 Å². The predicted molar refractivity (Wildman–Crippen MR) is 137 cm³/mol. The molecule has 0 radical (unpaired) electrons. The van der Waals surface area contributed by atoms with Crippen LogP contribution >= 0.6 is 22.7 Å². The molecule has 1 atom stereocenters. The van der Waals surface area contributed by atoms with Crippen molar-refractivity contribution in [2.24, 2.45) is 0 Å². The Hall–Kier alpha value is -2.58. The molecule has 0 saturated carbocycles. The number of carboxylic acids is 1. The van der Waals surface area contributed by atoms with E-state index in [-0.39, 0.29) is 41.2 Å². The summed E-state index contributed by atoms with van der Waals surface area (Å²) in [6.45, 7) is 0.505. The maximum atomic E-state index is 11.3. The van der Waals surface area contributed by atoms with E-state index in [1.807, 2.05) is 48.5 Å². The number of carboxylic acid groups (broad SMARTS) is 1. The van der Waals surface area contributed by atoms with Crippen LogP contribution in [0, 0.1) is 0 Å². The van der Waals surface area contributed by atoms with Crippen LogP contribution in [0.15, 0.2) is 102 Å². The monoisotopic (exact) mass is 504 g/mol. The van der Waals surface area contributed by atoms with E-state index in [1.54, 1.807) is 40.9 Å². The molecular weight excluding hydrogens is 483 g/mol. The largest absolute Gasteiger partial charge is 1.00 e.